The number of halogens is 2. The topological polar surface area (TPSA) is 88.9 Å². The maximum absolute atomic E-state index is 14.0. The van der Waals surface area contributed by atoms with Crippen molar-refractivity contribution in [1.82, 2.24) is 19.5 Å². The van der Waals surface area contributed by atoms with Crippen LogP contribution in [0.5, 0.6) is 0 Å². The summed E-state index contributed by atoms with van der Waals surface area (Å²) in [4.78, 5) is 4.38. The van der Waals surface area contributed by atoms with Crippen molar-refractivity contribution < 1.29 is 17.2 Å². The lowest BCUT2D eigenvalue weighted by Crippen LogP contribution is -2.26. The Morgan fingerprint density at radius 2 is 1.68 bits per heavy atom. The summed E-state index contributed by atoms with van der Waals surface area (Å²) in [6.07, 6.45) is 4.13. The second kappa shape index (κ2) is 10.8. The Balaban J connectivity index is 1.45. The van der Waals surface area contributed by atoms with Crippen LogP contribution in [0, 0.1) is 11.6 Å². The molecule has 194 valence electrons. The van der Waals surface area contributed by atoms with E-state index >= 15 is 0 Å². The van der Waals surface area contributed by atoms with Crippen LogP contribution < -0.4 is 10.0 Å². The number of sulfonamides is 1. The van der Waals surface area contributed by atoms with Gasteiger partial charge in [0.2, 0.25) is 10.0 Å². The Hall–Kier alpha value is -3.63. The molecule has 0 fully saturated rings. The predicted molar refractivity (Wildman–Crippen MR) is 141 cm³/mol. The number of pyridine rings is 1. The quantitative estimate of drug-likeness (QED) is 0.285. The molecule has 0 radical (unpaired) electrons. The Bertz CT molecular complexity index is 1480. The van der Waals surface area contributed by atoms with E-state index in [1.54, 1.807) is 12.3 Å². The van der Waals surface area contributed by atoms with E-state index in [1.165, 1.54) is 24.3 Å². The fourth-order valence-corrected chi connectivity index (χ4v) is 4.76. The monoisotopic (exact) mass is 525 g/mol. The molecule has 7 nitrogen and oxygen atoms in total. The number of hydrogen-bond acceptors (Lipinski definition) is 5. The van der Waals surface area contributed by atoms with Crippen molar-refractivity contribution in [3.8, 4) is 22.4 Å². The molecule has 0 aliphatic carbocycles. The third-order valence-electron chi connectivity index (χ3n) is 5.65. The SMILES string of the molecule is CC(C)(C)n1cc(-c2ccnc(NCCCNS(=O)(=O)c3ccc(F)cc3)c2)c(-c2cccc(F)c2)n1. The lowest BCUT2D eigenvalue weighted by Gasteiger charge is -2.18. The first-order chi connectivity index (χ1) is 17.5. The molecular weight excluding hydrogens is 496 g/mol. The third-order valence-corrected chi connectivity index (χ3v) is 7.12. The molecule has 0 saturated carbocycles. The molecule has 2 aromatic heterocycles. The zero-order valence-electron chi connectivity index (χ0n) is 20.9. The van der Waals surface area contributed by atoms with E-state index in [0.717, 1.165) is 23.3 Å². The van der Waals surface area contributed by atoms with E-state index in [1.807, 2.05) is 49.8 Å². The van der Waals surface area contributed by atoms with Crippen molar-refractivity contribution in [3.05, 3.63) is 84.7 Å². The third kappa shape index (κ3) is 6.58. The van der Waals surface area contributed by atoms with Crippen LogP contribution in [0.2, 0.25) is 0 Å². The average molecular weight is 526 g/mol. The van der Waals surface area contributed by atoms with Crippen molar-refractivity contribution >= 4 is 15.8 Å². The van der Waals surface area contributed by atoms with Crippen LogP contribution in [0.4, 0.5) is 14.6 Å². The Morgan fingerprint density at radius 3 is 2.38 bits per heavy atom. The van der Waals surface area contributed by atoms with E-state index in [4.69, 9.17) is 5.10 Å². The summed E-state index contributed by atoms with van der Waals surface area (Å²) in [7, 11) is -3.70. The van der Waals surface area contributed by atoms with Crippen molar-refractivity contribution in [3.63, 3.8) is 0 Å². The molecule has 37 heavy (non-hydrogen) atoms. The van der Waals surface area contributed by atoms with E-state index in [2.05, 4.69) is 15.0 Å². The van der Waals surface area contributed by atoms with Gasteiger partial charge in [-0.25, -0.2) is 26.9 Å². The minimum Gasteiger partial charge on any atom is -0.370 e. The van der Waals surface area contributed by atoms with Crippen LogP contribution in [0.15, 0.2) is 78.0 Å². The fourth-order valence-electron chi connectivity index (χ4n) is 3.68. The minimum absolute atomic E-state index is 0.0149. The zero-order chi connectivity index (χ0) is 26.6. The molecule has 0 saturated heterocycles. The maximum Gasteiger partial charge on any atom is 0.240 e. The van der Waals surface area contributed by atoms with Crippen molar-refractivity contribution in [2.45, 2.75) is 37.6 Å². The van der Waals surface area contributed by atoms with Gasteiger partial charge in [0, 0.05) is 36.6 Å². The fraction of sp³-hybridized carbons (Fsp3) is 0.259. The van der Waals surface area contributed by atoms with Crippen LogP contribution in [0.25, 0.3) is 22.4 Å². The molecule has 4 aromatic rings. The number of nitrogens with one attached hydrogen (secondary N) is 2. The molecule has 2 heterocycles. The van der Waals surface area contributed by atoms with Gasteiger partial charge in [0.1, 0.15) is 23.1 Å². The van der Waals surface area contributed by atoms with Gasteiger partial charge >= 0.3 is 0 Å². The zero-order valence-corrected chi connectivity index (χ0v) is 21.7. The first-order valence-corrected chi connectivity index (χ1v) is 13.3. The number of hydrogen-bond donors (Lipinski definition) is 2. The number of aromatic nitrogens is 3. The Morgan fingerprint density at radius 1 is 0.919 bits per heavy atom. The van der Waals surface area contributed by atoms with Crippen molar-refractivity contribution in [1.29, 1.82) is 0 Å². The Kier molecular flexibility index (Phi) is 7.70. The van der Waals surface area contributed by atoms with Gasteiger partial charge in [-0.2, -0.15) is 5.10 Å². The molecule has 0 bridgehead atoms. The highest BCUT2D eigenvalue weighted by molar-refractivity contribution is 7.89. The summed E-state index contributed by atoms with van der Waals surface area (Å²) >= 11 is 0. The van der Waals surface area contributed by atoms with Gasteiger partial charge in [-0.3, -0.25) is 4.68 Å². The largest absolute Gasteiger partial charge is 0.370 e. The molecule has 2 N–H and O–H groups in total. The van der Waals surface area contributed by atoms with Gasteiger partial charge < -0.3 is 5.32 Å². The summed E-state index contributed by atoms with van der Waals surface area (Å²) in [6.45, 7) is 6.81. The molecule has 0 atom stereocenters. The van der Waals surface area contributed by atoms with Crippen LogP contribution in [-0.2, 0) is 15.6 Å². The summed E-state index contributed by atoms with van der Waals surface area (Å²) in [6, 6.07) is 14.8. The van der Waals surface area contributed by atoms with Gasteiger partial charge in [-0.05, 0) is 81.3 Å². The number of benzene rings is 2. The van der Waals surface area contributed by atoms with Gasteiger partial charge in [0.25, 0.3) is 0 Å². The molecule has 0 aliphatic heterocycles. The van der Waals surface area contributed by atoms with Gasteiger partial charge in [0.15, 0.2) is 0 Å². The summed E-state index contributed by atoms with van der Waals surface area (Å²) in [5.74, 6) is -0.208. The Labute approximate surface area is 215 Å². The molecule has 0 unspecified atom stereocenters. The summed E-state index contributed by atoms with van der Waals surface area (Å²) < 4.78 is 56.0. The lowest BCUT2D eigenvalue weighted by atomic mass is 10.0. The average Bonchev–Trinajstić information content (AvgIpc) is 3.31. The smallest absolute Gasteiger partial charge is 0.240 e. The molecule has 0 aliphatic rings. The molecular formula is C27H29F2N5O2S. The highest BCUT2D eigenvalue weighted by atomic mass is 32.2. The predicted octanol–water partition coefficient (Wildman–Crippen LogP) is 5.43. The van der Waals surface area contributed by atoms with Crippen LogP contribution in [0.1, 0.15) is 27.2 Å². The number of nitrogens with zero attached hydrogens (tertiary/aromatic N) is 3. The first kappa shape index (κ1) is 26.4. The molecule has 0 spiro atoms. The van der Waals surface area contributed by atoms with E-state index < -0.39 is 15.8 Å². The summed E-state index contributed by atoms with van der Waals surface area (Å²) in [5.41, 5.74) is 2.79. The maximum atomic E-state index is 14.0. The van der Waals surface area contributed by atoms with Gasteiger partial charge in [0.05, 0.1) is 10.4 Å². The lowest BCUT2D eigenvalue weighted by molar-refractivity contribution is 0.356. The highest BCUT2D eigenvalue weighted by Gasteiger charge is 2.20. The number of rotatable bonds is 9. The standard InChI is InChI=1S/C27H29F2N5O2S/c1-27(2,3)34-18-24(26(33-34)20-6-4-7-22(29)16-20)19-12-15-31-25(17-19)30-13-5-14-32-37(35,36)23-10-8-21(28)9-11-23/h4,6-12,15-18,32H,5,13-14H2,1-3H3,(H,30,31). The molecule has 2 aromatic carbocycles. The van der Waals surface area contributed by atoms with E-state index in [0.29, 0.717) is 30.0 Å². The second-order valence-corrected chi connectivity index (χ2v) is 11.3. The molecule has 0 amide bonds. The van der Waals surface area contributed by atoms with Crippen LogP contribution in [0.3, 0.4) is 0 Å². The number of anilines is 1. The van der Waals surface area contributed by atoms with Gasteiger partial charge in [-0.1, -0.05) is 12.1 Å². The normalized spacial score (nSPS) is 12.0. The van der Waals surface area contributed by atoms with E-state index in [9.17, 15) is 17.2 Å². The first-order valence-electron chi connectivity index (χ1n) is 11.8. The summed E-state index contributed by atoms with van der Waals surface area (Å²) in [5, 5.41) is 7.97. The van der Waals surface area contributed by atoms with Gasteiger partial charge in [-0.15, -0.1) is 0 Å². The minimum atomic E-state index is -3.70. The van der Waals surface area contributed by atoms with Crippen molar-refractivity contribution in [2.75, 3.05) is 18.4 Å². The molecule has 10 heteroatoms. The second-order valence-electron chi connectivity index (χ2n) is 9.58. The van der Waals surface area contributed by atoms with E-state index in [-0.39, 0.29) is 22.8 Å². The van der Waals surface area contributed by atoms with Crippen molar-refractivity contribution in [2.24, 2.45) is 0 Å². The van der Waals surface area contributed by atoms with Crippen LogP contribution >= 0.6 is 0 Å². The van der Waals surface area contributed by atoms with Crippen LogP contribution in [-0.4, -0.2) is 36.3 Å². The highest BCUT2D eigenvalue weighted by Crippen LogP contribution is 2.34. The molecule has 4 rings (SSSR count).